The van der Waals surface area contributed by atoms with Gasteiger partial charge in [-0.1, -0.05) is 6.07 Å². The van der Waals surface area contributed by atoms with Gasteiger partial charge in [-0.15, -0.1) is 0 Å². The molecule has 1 atom stereocenters. The van der Waals surface area contributed by atoms with E-state index in [1.165, 1.54) is 12.3 Å². The van der Waals surface area contributed by atoms with Gasteiger partial charge in [0, 0.05) is 6.20 Å². The number of ether oxygens (including phenoxy) is 1. The van der Waals surface area contributed by atoms with Crippen LogP contribution in [0.1, 0.15) is 10.5 Å². The van der Waals surface area contributed by atoms with Crippen molar-refractivity contribution in [2.45, 2.75) is 6.10 Å². The molecule has 0 aliphatic carbocycles. The Labute approximate surface area is 92.3 Å². The first kappa shape index (κ1) is 12.1. The predicted molar refractivity (Wildman–Crippen MR) is 54.6 cm³/mol. The summed E-state index contributed by atoms with van der Waals surface area (Å²) in [5.74, 6) is -1.25. The Kier molecular flexibility index (Phi) is 4.41. The SMILES string of the molecule is COC(=O)C(O)CNC(=O)c1ccccn1. The van der Waals surface area contributed by atoms with Crippen LogP contribution >= 0.6 is 0 Å². The molecule has 0 aliphatic heterocycles. The lowest BCUT2D eigenvalue weighted by molar-refractivity contribution is -0.149. The molecule has 16 heavy (non-hydrogen) atoms. The standard InChI is InChI=1S/C10H12N2O4/c1-16-10(15)8(13)6-12-9(14)7-4-2-3-5-11-7/h2-5,8,13H,6H2,1H3,(H,12,14). The third-order valence-electron chi connectivity index (χ3n) is 1.83. The number of amides is 1. The number of hydrogen-bond donors (Lipinski definition) is 2. The second kappa shape index (κ2) is 5.82. The quantitative estimate of drug-likeness (QED) is 0.663. The van der Waals surface area contributed by atoms with Gasteiger partial charge in [0.05, 0.1) is 13.7 Å². The van der Waals surface area contributed by atoms with Gasteiger partial charge in [0.25, 0.3) is 5.91 Å². The number of aliphatic hydroxyl groups excluding tert-OH is 1. The molecule has 0 aromatic carbocycles. The highest BCUT2D eigenvalue weighted by molar-refractivity contribution is 5.92. The minimum atomic E-state index is -1.36. The molecule has 1 aromatic heterocycles. The summed E-state index contributed by atoms with van der Waals surface area (Å²) in [6.07, 6.45) is 0.115. The van der Waals surface area contributed by atoms with E-state index in [2.05, 4.69) is 15.0 Å². The Balaban J connectivity index is 2.45. The molecule has 6 nitrogen and oxygen atoms in total. The Bertz CT molecular complexity index is 366. The second-order valence-corrected chi connectivity index (χ2v) is 2.96. The number of aliphatic hydroxyl groups is 1. The highest BCUT2D eigenvalue weighted by Gasteiger charge is 2.16. The molecule has 0 spiro atoms. The molecule has 0 saturated heterocycles. The van der Waals surface area contributed by atoms with Gasteiger partial charge >= 0.3 is 5.97 Å². The number of hydrogen-bond acceptors (Lipinski definition) is 5. The van der Waals surface area contributed by atoms with Gasteiger partial charge in [0.15, 0.2) is 6.10 Å². The van der Waals surface area contributed by atoms with Crippen molar-refractivity contribution in [1.82, 2.24) is 10.3 Å². The van der Waals surface area contributed by atoms with Crippen LogP contribution in [0.2, 0.25) is 0 Å². The molecule has 0 bridgehead atoms. The smallest absolute Gasteiger partial charge is 0.336 e. The summed E-state index contributed by atoms with van der Waals surface area (Å²) in [7, 11) is 1.16. The summed E-state index contributed by atoms with van der Waals surface area (Å²) < 4.78 is 4.29. The number of carbonyl (C=O) groups is 2. The van der Waals surface area contributed by atoms with Crippen LogP contribution in [-0.4, -0.2) is 41.7 Å². The van der Waals surface area contributed by atoms with E-state index in [1.807, 2.05) is 0 Å². The maximum Gasteiger partial charge on any atom is 0.336 e. The van der Waals surface area contributed by atoms with Crippen molar-refractivity contribution in [2.24, 2.45) is 0 Å². The Morgan fingerprint density at radius 2 is 2.31 bits per heavy atom. The van der Waals surface area contributed by atoms with E-state index in [4.69, 9.17) is 0 Å². The van der Waals surface area contributed by atoms with Crippen LogP contribution in [0.3, 0.4) is 0 Å². The van der Waals surface area contributed by atoms with Crippen LogP contribution in [0.15, 0.2) is 24.4 Å². The predicted octanol–water partition coefficient (Wildman–Crippen LogP) is -0.655. The van der Waals surface area contributed by atoms with E-state index in [0.29, 0.717) is 0 Å². The van der Waals surface area contributed by atoms with Crippen LogP contribution in [0.25, 0.3) is 0 Å². The number of methoxy groups -OCH3 is 1. The average Bonchev–Trinajstić information content (AvgIpc) is 2.35. The molecule has 1 amide bonds. The van der Waals surface area contributed by atoms with Gasteiger partial charge in [-0.05, 0) is 12.1 Å². The number of esters is 1. The van der Waals surface area contributed by atoms with Crippen molar-refractivity contribution in [3.8, 4) is 0 Å². The van der Waals surface area contributed by atoms with Gasteiger partial charge in [-0.25, -0.2) is 4.79 Å². The molecule has 1 unspecified atom stereocenters. The topological polar surface area (TPSA) is 88.5 Å². The molecule has 1 aromatic rings. The fraction of sp³-hybridized carbons (Fsp3) is 0.300. The normalized spacial score (nSPS) is 11.6. The van der Waals surface area contributed by atoms with Gasteiger partial charge in [0.2, 0.25) is 0 Å². The third-order valence-corrected chi connectivity index (χ3v) is 1.83. The van der Waals surface area contributed by atoms with E-state index in [1.54, 1.807) is 12.1 Å². The lowest BCUT2D eigenvalue weighted by atomic mass is 10.3. The summed E-state index contributed by atoms with van der Waals surface area (Å²) in [5, 5.41) is 11.6. The van der Waals surface area contributed by atoms with Crippen LogP contribution in [0.4, 0.5) is 0 Å². The van der Waals surface area contributed by atoms with Gasteiger partial charge in [-0.3, -0.25) is 9.78 Å². The lowest BCUT2D eigenvalue weighted by Crippen LogP contribution is -2.37. The molecular formula is C10H12N2O4. The van der Waals surface area contributed by atoms with Crippen LogP contribution in [0.5, 0.6) is 0 Å². The first-order chi connectivity index (χ1) is 7.65. The fourth-order valence-electron chi connectivity index (χ4n) is 0.996. The minimum Gasteiger partial charge on any atom is -0.467 e. The largest absolute Gasteiger partial charge is 0.467 e. The molecule has 0 fully saturated rings. The minimum absolute atomic E-state index is 0.206. The summed E-state index contributed by atoms with van der Waals surface area (Å²) >= 11 is 0. The number of nitrogens with zero attached hydrogens (tertiary/aromatic N) is 1. The lowest BCUT2D eigenvalue weighted by Gasteiger charge is -2.09. The Morgan fingerprint density at radius 1 is 1.56 bits per heavy atom. The van der Waals surface area contributed by atoms with Crippen molar-refractivity contribution < 1.29 is 19.4 Å². The highest BCUT2D eigenvalue weighted by atomic mass is 16.5. The average molecular weight is 224 g/mol. The number of pyridine rings is 1. The summed E-state index contributed by atoms with van der Waals surface area (Å²) in [5.41, 5.74) is 0.222. The van der Waals surface area contributed by atoms with Crippen molar-refractivity contribution in [2.75, 3.05) is 13.7 Å². The van der Waals surface area contributed by atoms with Crippen molar-refractivity contribution in [3.05, 3.63) is 30.1 Å². The zero-order valence-corrected chi connectivity index (χ0v) is 8.71. The Morgan fingerprint density at radius 3 is 2.88 bits per heavy atom. The van der Waals surface area contributed by atoms with Crippen LogP contribution in [-0.2, 0) is 9.53 Å². The number of carbonyl (C=O) groups excluding carboxylic acids is 2. The van der Waals surface area contributed by atoms with Gasteiger partial charge < -0.3 is 15.2 Å². The molecular weight excluding hydrogens is 212 g/mol. The summed E-state index contributed by atoms with van der Waals surface area (Å²) in [6, 6.07) is 4.87. The van der Waals surface area contributed by atoms with Crippen LogP contribution < -0.4 is 5.32 Å². The molecule has 0 radical (unpaired) electrons. The third kappa shape index (κ3) is 3.32. The van der Waals surface area contributed by atoms with Gasteiger partial charge in [0.1, 0.15) is 5.69 Å². The molecule has 6 heteroatoms. The van der Waals surface area contributed by atoms with E-state index < -0.39 is 18.0 Å². The van der Waals surface area contributed by atoms with E-state index in [9.17, 15) is 14.7 Å². The highest BCUT2D eigenvalue weighted by Crippen LogP contribution is 1.93. The molecule has 86 valence electrons. The maximum atomic E-state index is 11.4. The summed E-state index contributed by atoms with van der Waals surface area (Å²) in [6.45, 7) is -0.206. The van der Waals surface area contributed by atoms with E-state index >= 15 is 0 Å². The molecule has 0 saturated carbocycles. The number of aromatic nitrogens is 1. The molecule has 1 rings (SSSR count). The first-order valence-corrected chi connectivity index (χ1v) is 4.60. The fourth-order valence-corrected chi connectivity index (χ4v) is 0.996. The van der Waals surface area contributed by atoms with E-state index in [0.717, 1.165) is 7.11 Å². The zero-order valence-electron chi connectivity index (χ0n) is 8.71. The first-order valence-electron chi connectivity index (χ1n) is 4.60. The number of rotatable bonds is 4. The van der Waals surface area contributed by atoms with E-state index in [-0.39, 0.29) is 12.2 Å². The number of nitrogens with one attached hydrogen (secondary N) is 1. The van der Waals surface area contributed by atoms with Crippen molar-refractivity contribution >= 4 is 11.9 Å². The van der Waals surface area contributed by atoms with Crippen molar-refractivity contribution in [1.29, 1.82) is 0 Å². The second-order valence-electron chi connectivity index (χ2n) is 2.96. The zero-order chi connectivity index (χ0) is 12.0. The summed E-state index contributed by atoms with van der Waals surface area (Å²) in [4.78, 5) is 26.1. The Hall–Kier alpha value is -1.95. The van der Waals surface area contributed by atoms with Crippen molar-refractivity contribution in [3.63, 3.8) is 0 Å². The molecule has 1 heterocycles. The maximum absolute atomic E-state index is 11.4. The van der Waals surface area contributed by atoms with Crippen LogP contribution in [0, 0.1) is 0 Å². The molecule has 0 aliphatic rings. The monoisotopic (exact) mass is 224 g/mol. The molecule has 2 N–H and O–H groups in total. The van der Waals surface area contributed by atoms with Gasteiger partial charge in [-0.2, -0.15) is 0 Å².